The topological polar surface area (TPSA) is 80.0 Å². The van der Waals surface area contributed by atoms with Crippen LogP contribution in [0.25, 0.3) is 0 Å². The number of nitrogens with one attached hydrogen (secondary N) is 1. The maximum Gasteiger partial charge on any atom is 0.251 e. The summed E-state index contributed by atoms with van der Waals surface area (Å²) in [5.74, 6) is -0.0684. The summed E-state index contributed by atoms with van der Waals surface area (Å²) in [6.07, 6.45) is 4.16. The van der Waals surface area contributed by atoms with Gasteiger partial charge in [0, 0.05) is 24.8 Å². The van der Waals surface area contributed by atoms with Crippen LogP contribution in [-0.2, 0) is 6.54 Å². The molecule has 0 aliphatic rings. The number of benzene rings is 1. The van der Waals surface area contributed by atoms with Gasteiger partial charge in [-0.25, -0.2) is 0 Å². The van der Waals surface area contributed by atoms with Crippen LogP contribution >= 0.6 is 22.6 Å². The van der Waals surface area contributed by atoms with Crippen molar-refractivity contribution in [2.75, 3.05) is 6.54 Å². The Morgan fingerprint density at radius 3 is 3.00 bits per heavy atom. The molecule has 1 heterocycles. The molecule has 0 saturated heterocycles. The van der Waals surface area contributed by atoms with E-state index in [0.29, 0.717) is 18.7 Å². The predicted octanol–water partition coefficient (Wildman–Crippen LogP) is 1.41. The van der Waals surface area contributed by atoms with Gasteiger partial charge in [0.1, 0.15) is 5.75 Å². The maximum atomic E-state index is 11.8. The molecule has 0 atom stereocenters. The van der Waals surface area contributed by atoms with E-state index in [-0.39, 0.29) is 11.7 Å². The second-order valence-electron chi connectivity index (χ2n) is 3.94. The molecule has 0 aliphatic carbocycles. The number of carbonyl (C=O) groups excluding carboxylic acids is 1. The number of rotatable bonds is 5. The molecule has 1 aromatic heterocycles. The van der Waals surface area contributed by atoms with E-state index >= 15 is 0 Å². The lowest BCUT2D eigenvalue weighted by Gasteiger charge is -2.06. The van der Waals surface area contributed by atoms with Gasteiger partial charge >= 0.3 is 0 Å². The maximum absolute atomic E-state index is 11.8. The van der Waals surface area contributed by atoms with E-state index in [9.17, 15) is 9.90 Å². The summed E-state index contributed by atoms with van der Waals surface area (Å²) in [4.78, 5) is 11.8. The van der Waals surface area contributed by atoms with Crippen molar-refractivity contribution in [3.8, 4) is 5.75 Å². The number of nitrogens with zero attached hydrogens (tertiary/aromatic N) is 3. The highest BCUT2D eigenvalue weighted by atomic mass is 127. The zero-order chi connectivity index (χ0) is 13.7. The van der Waals surface area contributed by atoms with Crippen molar-refractivity contribution >= 4 is 28.5 Å². The molecule has 7 heteroatoms. The van der Waals surface area contributed by atoms with Crippen molar-refractivity contribution in [3.05, 3.63) is 39.7 Å². The van der Waals surface area contributed by atoms with E-state index < -0.39 is 0 Å². The molecule has 0 radical (unpaired) electrons. The minimum atomic E-state index is -0.190. The average molecular weight is 372 g/mol. The van der Waals surface area contributed by atoms with Crippen LogP contribution in [0.5, 0.6) is 5.75 Å². The van der Waals surface area contributed by atoms with Gasteiger partial charge in [0.15, 0.2) is 0 Å². The third-order valence-electron chi connectivity index (χ3n) is 2.53. The van der Waals surface area contributed by atoms with Crippen molar-refractivity contribution in [2.24, 2.45) is 0 Å². The molecule has 19 heavy (non-hydrogen) atoms. The van der Waals surface area contributed by atoms with Crippen molar-refractivity contribution in [1.29, 1.82) is 0 Å². The van der Waals surface area contributed by atoms with Gasteiger partial charge in [0.2, 0.25) is 0 Å². The number of halogens is 1. The lowest BCUT2D eigenvalue weighted by atomic mass is 10.2. The summed E-state index contributed by atoms with van der Waals surface area (Å²) in [7, 11) is 0. The first-order chi connectivity index (χ1) is 9.16. The number of hydrogen-bond acceptors (Lipinski definition) is 4. The fourth-order valence-corrected chi connectivity index (χ4v) is 1.89. The normalized spacial score (nSPS) is 10.4. The Morgan fingerprint density at radius 1 is 1.47 bits per heavy atom. The molecular weight excluding hydrogens is 359 g/mol. The second-order valence-corrected chi connectivity index (χ2v) is 5.10. The molecule has 2 rings (SSSR count). The molecule has 1 amide bonds. The van der Waals surface area contributed by atoms with Gasteiger partial charge in [-0.3, -0.25) is 9.48 Å². The van der Waals surface area contributed by atoms with Gasteiger partial charge in [-0.2, -0.15) is 0 Å². The fraction of sp³-hybridized carbons (Fsp3) is 0.250. The monoisotopic (exact) mass is 372 g/mol. The highest BCUT2D eigenvalue weighted by molar-refractivity contribution is 14.1. The molecule has 6 nitrogen and oxygen atoms in total. The molecular formula is C12H13IN4O2. The van der Waals surface area contributed by atoms with E-state index in [4.69, 9.17) is 0 Å². The van der Waals surface area contributed by atoms with Crippen molar-refractivity contribution in [2.45, 2.75) is 13.0 Å². The summed E-state index contributed by atoms with van der Waals surface area (Å²) in [5, 5.41) is 19.9. The number of phenolic OH excluding ortho intramolecular Hbond substituents is 1. The van der Waals surface area contributed by atoms with E-state index in [1.807, 2.05) is 22.6 Å². The minimum absolute atomic E-state index is 0.121. The van der Waals surface area contributed by atoms with E-state index in [0.717, 1.165) is 9.99 Å². The number of aromatic hydroxyl groups is 1. The quantitative estimate of drug-likeness (QED) is 0.615. The third-order valence-corrected chi connectivity index (χ3v) is 3.44. The van der Waals surface area contributed by atoms with Crippen LogP contribution < -0.4 is 5.32 Å². The van der Waals surface area contributed by atoms with E-state index in [1.165, 1.54) is 6.07 Å². The Bertz CT molecular complexity index is 557. The van der Waals surface area contributed by atoms with Gasteiger partial charge in [0.05, 0.1) is 9.77 Å². The van der Waals surface area contributed by atoms with Crippen LogP contribution in [0, 0.1) is 3.57 Å². The number of aromatic nitrogens is 3. The largest absolute Gasteiger partial charge is 0.507 e. The number of phenols is 1. The van der Waals surface area contributed by atoms with Gasteiger partial charge in [-0.05, 0) is 47.2 Å². The Kier molecular flexibility index (Phi) is 4.72. The summed E-state index contributed by atoms with van der Waals surface area (Å²) >= 11 is 2.01. The lowest BCUT2D eigenvalue weighted by molar-refractivity contribution is 0.0952. The number of hydrogen-bond donors (Lipinski definition) is 2. The highest BCUT2D eigenvalue weighted by Gasteiger charge is 2.07. The minimum Gasteiger partial charge on any atom is -0.507 e. The predicted molar refractivity (Wildman–Crippen MR) is 77.8 cm³/mol. The fourth-order valence-electron chi connectivity index (χ4n) is 1.55. The molecule has 2 aromatic rings. The Morgan fingerprint density at radius 2 is 2.32 bits per heavy atom. The van der Waals surface area contributed by atoms with Gasteiger partial charge < -0.3 is 10.4 Å². The first-order valence-electron chi connectivity index (χ1n) is 5.77. The third kappa shape index (κ3) is 3.91. The zero-order valence-corrected chi connectivity index (χ0v) is 12.2. The van der Waals surface area contributed by atoms with Crippen LogP contribution in [0.3, 0.4) is 0 Å². The summed E-state index contributed by atoms with van der Waals surface area (Å²) in [6, 6.07) is 4.86. The van der Waals surface area contributed by atoms with Crippen LogP contribution in [0.15, 0.2) is 30.6 Å². The van der Waals surface area contributed by atoms with Crippen molar-refractivity contribution in [1.82, 2.24) is 20.3 Å². The average Bonchev–Trinajstić information content (AvgIpc) is 2.91. The second kappa shape index (κ2) is 6.50. The molecule has 2 N–H and O–H groups in total. The standard InChI is InChI=1S/C12H13IN4O2/c13-10-3-2-9(8-11(10)18)12(19)14-4-1-6-17-7-5-15-16-17/h2-3,5,7-8,18H,1,4,6H2,(H,14,19). The molecule has 0 saturated carbocycles. The molecule has 0 spiro atoms. The number of carbonyl (C=O) groups is 1. The molecule has 100 valence electrons. The summed E-state index contributed by atoms with van der Waals surface area (Å²) < 4.78 is 2.43. The van der Waals surface area contributed by atoms with Crippen molar-refractivity contribution in [3.63, 3.8) is 0 Å². The van der Waals surface area contributed by atoms with E-state index in [2.05, 4.69) is 15.6 Å². The lowest BCUT2D eigenvalue weighted by Crippen LogP contribution is -2.25. The van der Waals surface area contributed by atoms with Crippen LogP contribution in [0.1, 0.15) is 16.8 Å². The molecule has 1 aromatic carbocycles. The smallest absolute Gasteiger partial charge is 0.251 e. The number of amides is 1. The zero-order valence-electron chi connectivity index (χ0n) is 10.1. The Hall–Kier alpha value is -1.64. The first kappa shape index (κ1) is 13.8. The molecule has 0 aliphatic heterocycles. The van der Waals surface area contributed by atoms with Crippen LogP contribution in [0.4, 0.5) is 0 Å². The van der Waals surface area contributed by atoms with Gasteiger partial charge in [-0.1, -0.05) is 5.21 Å². The SMILES string of the molecule is O=C(NCCCn1ccnn1)c1ccc(I)c(O)c1. The van der Waals surface area contributed by atoms with Gasteiger partial charge in [-0.15, -0.1) is 5.10 Å². The van der Waals surface area contributed by atoms with Crippen LogP contribution in [0.2, 0.25) is 0 Å². The Labute approximate surface area is 124 Å². The molecule has 0 unspecified atom stereocenters. The first-order valence-corrected chi connectivity index (χ1v) is 6.85. The summed E-state index contributed by atoms with van der Waals surface area (Å²) in [5.41, 5.74) is 0.457. The summed E-state index contributed by atoms with van der Waals surface area (Å²) in [6.45, 7) is 1.25. The van der Waals surface area contributed by atoms with Crippen molar-refractivity contribution < 1.29 is 9.90 Å². The highest BCUT2D eigenvalue weighted by Crippen LogP contribution is 2.20. The van der Waals surface area contributed by atoms with Gasteiger partial charge in [0.25, 0.3) is 5.91 Å². The Balaban J connectivity index is 1.79. The van der Waals surface area contributed by atoms with Crippen LogP contribution in [-0.4, -0.2) is 32.6 Å². The molecule has 0 bridgehead atoms. The molecule has 0 fully saturated rings. The van der Waals surface area contributed by atoms with E-state index in [1.54, 1.807) is 29.2 Å². The number of aryl methyl sites for hydroxylation is 1.